The van der Waals surface area contributed by atoms with Gasteiger partial charge in [0, 0.05) is 22.7 Å². The molecule has 0 aliphatic rings. The van der Waals surface area contributed by atoms with Gasteiger partial charge in [-0.15, -0.1) is 0 Å². The van der Waals surface area contributed by atoms with E-state index in [1.165, 1.54) is 12.1 Å². The van der Waals surface area contributed by atoms with Gasteiger partial charge in [0.05, 0.1) is 0 Å². The van der Waals surface area contributed by atoms with E-state index in [4.69, 9.17) is 5.11 Å². The van der Waals surface area contributed by atoms with Gasteiger partial charge in [0.1, 0.15) is 5.82 Å². The second kappa shape index (κ2) is 5.09. The van der Waals surface area contributed by atoms with Crippen LogP contribution in [0.4, 0.5) is 5.82 Å². The van der Waals surface area contributed by atoms with Crippen molar-refractivity contribution in [1.82, 2.24) is 9.97 Å². The summed E-state index contributed by atoms with van der Waals surface area (Å²) in [6, 6.07) is 11.6. The number of carbonyl (C=O) groups is 2. The number of pyridine rings is 1. The van der Waals surface area contributed by atoms with E-state index < -0.39 is 5.97 Å². The van der Waals surface area contributed by atoms with Crippen molar-refractivity contribution in [2.24, 2.45) is 0 Å². The number of rotatable bonds is 3. The zero-order valence-electron chi connectivity index (χ0n) is 10.8. The molecule has 0 bridgehead atoms. The van der Waals surface area contributed by atoms with Gasteiger partial charge in [-0.1, -0.05) is 6.07 Å². The molecule has 2 aromatic heterocycles. The van der Waals surface area contributed by atoms with E-state index in [9.17, 15) is 9.59 Å². The summed E-state index contributed by atoms with van der Waals surface area (Å²) in [5.74, 6) is -1.28. The summed E-state index contributed by atoms with van der Waals surface area (Å²) in [6.07, 6.45) is 1.80. The van der Waals surface area contributed by atoms with Crippen molar-refractivity contribution in [3.05, 3.63) is 59.9 Å². The molecule has 104 valence electrons. The van der Waals surface area contributed by atoms with Gasteiger partial charge >= 0.3 is 5.97 Å². The van der Waals surface area contributed by atoms with Gasteiger partial charge in [-0.3, -0.25) is 4.79 Å². The first kappa shape index (κ1) is 12.9. The van der Waals surface area contributed by atoms with Crippen LogP contribution in [0, 0.1) is 0 Å². The van der Waals surface area contributed by atoms with Crippen LogP contribution in [0.25, 0.3) is 10.9 Å². The minimum atomic E-state index is -1.14. The summed E-state index contributed by atoms with van der Waals surface area (Å²) in [5.41, 5.74) is 1.30. The Labute approximate surface area is 119 Å². The lowest BCUT2D eigenvalue weighted by atomic mass is 10.1. The Kier molecular flexibility index (Phi) is 3.12. The molecule has 0 aliphatic heterocycles. The number of aromatic amines is 1. The van der Waals surface area contributed by atoms with Gasteiger partial charge < -0.3 is 15.4 Å². The van der Waals surface area contributed by atoms with Crippen LogP contribution in [0.5, 0.6) is 0 Å². The largest absolute Gasteiger partial charge is 0.477 e. The first-order valence-electron chi connectivity index (χ1n) is 6.22. The average Bonchev–Trinajstić information content (AvgIpc) is 2.94. The summed E-state index contributed by atoms with van der Waals surface area (Å²) in [5, 5.41) is 12.4. The minimum Gasteiger partial charge on any atom is -0.477 e. The van der Waals surface area contributed by atoms with Gasteiger partial charge in [0.2, 0.25) is 0 Å². The van der Waals surface area contributed by atoms with Crippen LogP contribution in [0.15, 0.2) is 48.7 Å². The van der Waals surface area contributed by atoms with Crippen molar-refractivity contribution in [1.29, 1.82) is 0 Å². The predicted octanol–water partition coefficient (Wildman–Crippen LogP) is 2.51. The Balaban J connectivity index is 1.85. The lowest BCUT2D eigenvalue weighted by Crippen LogP contribution is -2.14. The summed E-state index contributed by atoms with van der Waals surface area (Å²) in [7, 11) is 0. The Hall–Kier alpha value is -3.15. The van der Waals surface area contributed by atoms with E-state index in [0.29, 0.717) is 5.56 Å². The zero-order valence-corrected chi connectivity index (χ0v) is 10.8. The van der Waals surface area contributed by atoms with Crippen LogP contribution in [0.3, 0.4) is 0 Å². The van der Waals surface area contributed by atoms with E-state index in [1.807, 2.05) is 12.1 Å². The van der Waals surface area contributed by atoms with Gasteiger partial charge in [0.15, 0.2) is 5.69 Å². The summed E-state index contributed by atoms with van der Waals surface area (Å²) < 4.78 is 0. The first-order chi connectivity index (χ1) is 10.1. The maximum Gasteiger partial charge on any atom is 0.354 e. The molecular weight excluding hydrogens is 270 g/mol. The lowest BCUT2D eigenvalue weighted by molar-refractivity contribution is 0.0690. The lowest BCUT2D eigenvalue weighted by Gasteiger charge is -2.05. The van der Waals surface area contributed by atoms with E-state index in [1.54, 1.807) is 24.4 Å². The maximum absolute atomic E-state index is 12.2. The minimum absolute atomic E-state index is 0.117. The van der Waals surface area contributed by atoms with Crippen molar-refractivity contribution in [3.63, 3.8) is 0 Å². The molecule has 1 amide bonds. The topological polar surface area (TPSA) is 95.1 Å². The fraction of sp³-hybridized carbons (Fsp3) is 0. The van der Waals surface area contributed by atoms with Crippen molar-refractivity contribution < 1.29 is 14.7 Å². The third-order valence-electron chi connectivity index (χ3n) is 3.03. The number of carboxylic acids is 1. The number of benzene rings is 1. The summed E-state index contributed by atoms with van der Waals surface area (Å²) in [4.78, 5) is 29.9. The third-order valence-corrected chi connectivity index (χ3v) is 3.03. The Morgan fingerprint density at radius 2 is 2.00 bits per heavy atom. The third kappa shape index (κ3) is 2.59. The van der Waals surface area contributed by atoms with Crippen molar-refractivity contribution >= 4 is 28.6 Å². The molecule has 0 aliphatic carbocycles. The van der Waals surface area contributed by atoms with Gasteiger partial charge in [0.25, 0.3) is 5.91 Å². The van der Waals surface area contributed by atoms with Crippen LogP contribution in [0.2, 0.25) is 0 Å². The number of fused-ring (bicyclic) bond motifs is 1. The normalized spacial score (nSPS) is 10.5. The molecular formula is C15H11N3O3. The van der Waals surface area contributed by atoms with Crippen molar-refractivity contribution in [2.75, 3.05) is 5.32 Å². The number of hydrogen-bond acceptors (Lipinski definition) is 3. The van der Waals surface area contributed by atoms with E-state index in [2.05, 4.69) is 15.3 Å². The Morgan fingerprint density at radius 3 is 2.81 bits per heavy atom. The molecule has 0 radical (unpaired) electrons. The summed E-state index contributed by atoms with van der Waals surface area (Å²) in [6.45, 7) is 0. The summed E-state index contributed by atoms with van der Waals surface area (Å²) >= 11 is 0. The standard InChI is InChI=1S/C15H11N3O3/c19-14(10-4-5-11-9(8-10)6-7-16-11)18-13-3-1-2-12(17-13)15(20)21/h1-8,16H,(H,20,21)(H,17,18,19). The number of H-pyrrole nitrogens is 1. The second-order valence-corrected chi connectivity index (χ2v) is 4.45. The number of carboxylic acid groups (broad SMARTS) is 1. The highest BCUT2D eigenvalue weighted by Crippen LogP contribution is 2.15. The van der Waals surface area contributed by atoms with Crippen LogP contribution in [-0.2, 0) is 0 Å². The first-order valence-corrected chi connectivity index (χ1v) is 6.22. The Bertz CT molecular complexity index is 839. The van der Waals surface area contributed by atoms with Crippen LogP contribution < -0.4 is 5.32 Å². The van der Waals surface area contributed by atoms with Crippen LogP contribution in [-0.4, -0.2) is 27.0 Å². The molecule has 21 heavy (non-hydrogen) atoms. The molecule has 2 heterocycles. The Morgan fingerprint density at radius 1 is 1.14 bits per heavy atom. The molecule has 6 heteroatoms. The highest BCUT2D eigenvalue weighted by Gasteiger charge is 2.10. The molecule has 0 unspecified atom stereocenters. The van der Waals surface area contributed by atoms with Crippen molar-refractivity contribution in [2.45, 2.75) is 0 Å². The zero-order chi connectivity index (χ0) is 14.8. The molecule has 0 saturated carbocycles. The number of nitrogens with zero attached hydrogens (tertiary/aromatic N) is 1. The molecule has 6 nitrogen and oxygen atoms in total. The molecule has 3 rings (SSSR count). The molecule has 3 N–H and O–H groups in total. The number of hydrogen-bond donors (Lipinski definition) is 3. The molecule has 0 spiro atoms. The SMILES string of the molecule is O=C(Nc1cccc(C(=O)O)n1)c1ccc2[nH]ccc2c1. The van der Waals surface area contributed by atoms with E-state index >= 15 is 0 Å². The van der Waals surface area contributed by atoms with E-state index in [-0.39, 0.29) is 17.4 Å². The monoisotopic (exact) mass is 281 g/mol. The average molecular weight is 281 g/mol. The fourth-order valence-corrected chi connectivity index (χ4v) is 2.01. The van der Waals surface area contributed by atoms with Gasteiger partial charge in [-0.25, -0.2) is 9.78 Å². The molecule has 3 aromatic rings. The number of amides is 1. The fourth-order valence-electron chi connectivity index (χ4n) is 2.01. The molecule has 0 fully saturated rings. The van der Waals surface area contributed by atoms with Crippen LogP contribution >= 0.6 is 0 Å². The molecule has 1 aromatic carbocycles. The predicted molar refractivity (Wildman–Crippen MR) is 77.4 cm³/mol. The highest BCUT2D eigenvalue weighted by atomic mass is 16.4. The van der Waals surface area contributed by atoms with Gasteiger partial charge in [-0.05, 0) is 36.4 Å². The number of anilines is 1. The van der Waals surface area contributed by atoms with Gasteiger partial charge in [-0.2, -0.15) is 0 Å². The van der Waals surface area contributed by atoms with E-state index in [0.717, 1.165) is 10.9 Å². The smallest absolute Gasteiger partial charge is 0.354 e. The van der Waals surface area contributed by atoms with Crippen molar-refractivity contribution in [3.8, 4) is 0 Å². The maximum atomic E-state index is 12.2. The molecule has 0 saturated heterocycles. The number of nitrogens with one attached hydrogen (secondary N) is 2. The number of aromatic carboxylic acids is 1. The number of aromatic nitrogens is 2. The molecule has 0 atom stereocenters. The van der Waals surface area contributed by atoms with Crippen LogP contribution in [0.1, 0.15) is 20.8 Å². The second-order valence-electron chi connectivity index (χ2n) is 4.45. The highest BCUT2D eigenvalue weighted by molar-refractivity contribution is 6.06. The quantitative estimate of drug-likeness (QED) is 0.687. The number of carbonyl (C=O) groups excluding carboxylic acids is 1.